The van der Waals surface area contributed by atoms with E-state index in [4.69, 9.17) is 14.6 Å². The maximum atomic E-state index is 13.8. The van der Waals surface area contributed by atoms with Crippen LogP contribution in [0.4, 0.5) is 20.3 Å². The van der Waals surface area contributed by atoms with Gasteiger partial charge in [-0.2, -0.15) is 13.5 Å². The van der Waals surface area contributed by atoms with Crippen molar-refractivity contribution in [2.24, 2.45) is 0 Å². The molecule has 5 rings (SSSR count). The molecule has 1 amide bonds. The third kappa shape index (κ3) is 6.85. The molecule has 2 saturated carbocycles. The van der Waals surface area contributed by atoms with Gasteiger partial charge >= 0.3 is 12.5 Å². The van der Waals surface area contributed by atoms with Crippen molar-refractivity contribution in [1.29, 1.82) is 0 Å². The van der Waals surface area contributed by atoms with Crippen LogP contribution in [0.3, 0.4) is 0 Å². The number of hydrogen-bond donors (Lipinski definition) is 1. The van der Waals surface area contributed by atoms with Crippen LogP contribution < -0.4 is 9.64 Å². The number of halogens is 3. The van der Waals surface area contributed by atoms with Gasteiger partial charge in [-0.25, -0.2) is 4.98 Å². The number of pyridine rings is 1. The van der Waals surface area contributed by atoms with Crippen LogP contribution in [0, 0.1) is 18.8 Å². The number of aliphatic hydroxyl groups excluding tert-OH is 1. The number of benzene rings is 1. The van der Waals surface area contributed by atoms with Crippen LogP contribution in [0.2, 0.25) is 0 Å². The Labute approximate surface area is 240 Å². The van der Waals surface area contributed by atoms with E-state index < -0.39 is 12.5 Å². The van der Waals surface area contributed by atoms with Gasteiger partial charge in [0.15, 0.2) is 5.52 Å². The molecule has 11 heteroatoms. The minimum Gasteiger partial charge on any atom is -0.472 e. The molecule has 2 aliphatic rings. The number of fused-ring (bicyclic) bond motifs is 1. The Kier molecular flexibility index (Phi) is 11.2. The van der Waals surface area contributed by atoms with Crippen LogP contribution in [0.5, 0.6) is 5.88 Å². The van der Waals surface area contributed by atoms with Gasteiger partial charge in [0, 0.05) is 11.6 Å². The first kappa shape index (κ1) is 31.2. The summed E-state index contributed by atoms with van der Waals surface area (Å²) in [4.78, 5) is 27.5. The number of amides is 1. The predicted octanol–water partition coefficient (Wildman–Crippen LogP) is 6.60. The van der Waals surface area contributed by atoms with Gasteiger partial charge in [-0.15, -0.1) is 5.10 Å². The Hall–Kier alpha value is -3.36. The number of hydrogen-bond acceptors (Lipinski definition) is 6. The molecule has 0 unspecified atom stereocenters. The minimum atomic E-state index is -2.84. The monoisotopic (exact) mass is 618 g/mol. The van der Waals surface area contributed by atoms with Gasteiger partial charge in [-0.1, -0.05) is 28.3 Å². The van der Waals surface area contributed by atoms with Crippen molar-refractivity contribution in [2.45, 2.75) is 77.4 Å². The lowest BCUT2D eigenvalue weighted by molar-refractivity contribution is -0.112. The molecule has 2 aliphatic carbocycles. The molecule has 0 bridgehead atoms. The molecule has 1 N–H and O–H groups in total. The second-order valence-electron chi connectivity index (χ2n) is 9.39. The molecule has 2 fully saturated rings. The molecule has 0 saturated heterocycles. The number of aromatic nitrogens is 3. The fraction of sp³-hybridized carbons (Fsp3) is 0.448. The summed E-state index contributed by atoms with van der Waals surface area (Å²) < 4.78 is 35.3. The molecule has 2 heterocycles. The van der Waals surface area contributed by atoms with Gasteiger partial charge in [0.1, 0.15) is 18.7 Å². The average Bonchev–Trinajstić information content (AvgIpc) is 3.75. The minimum absolute atomic E-state index is 0.0717. The van der Waals surface area contributed by atoms with Crippen molar-refractivity contribution in [1.82, 2.24) is 14.8 Å². The number of nitrogens with zero attached hydrogens (tertiary/aromatic N) is 4. The first-order chi connectivity index (χ1) is 19.4. The molecule has 0 aliphatic heterocycles. The lowest BCUT2D eigenvalue weighted by Crippen LogP contribution is -2.26. The first-order valence-corrected chi connectivity index (χ1v) is 13.8. The van der Waals surface area contributed by atoms with E-state index >= 15 is 0 Å². The van der Waals surface area contributed by atoms with Gasteiger partial charge in [-0.05, 0) is 99.6 Å². The molecule has 1 aromatic carbocycles. The molecule has 8 nitrogen and oxygen atoms in total. The van der Waals surface area contributed by atoms with Crippen LogP contribution in [-0.4, -0.2) is 45.8 Å². The highest BCUT2D eigenvalue weighted by Crippen LogP contribution is 2.47. The lowest BCUT2D eigenvalue weighted by Gasteiger charge is -2.24. The van der Waals surface area contributed by atoms with Crippen molar-refractivity contribution < 1.29 is 28.2 Å². The predicted molar refractivity (Wildman–Crippen MR) is 153 cm³/mol. The Morgan fingerprint density at radius 2 is 1.85 bits per heavy atom. The fourth-order valence-corrected chi connectivity index (χ4v) is 5.13. The van der Waals surface area contributed by atoms with Crippen molar-refractivity contribution in [2.75, 3.05) is 12.0 Å². The number of alkyl halides is 2. The topological polar surface area (TPSA) is 97.5 Å². The summed E-state index contributed by atoms with van der Waals surface area (Å²) in [5.74, 6) is 5.58. The van der Waals surface area contributed by atoms with Crippen LogP contribution in [0.1, 0.15) is 75.5 Å². The molecule has 0 spiro atoms. The standard InChI is InChI=1S/C27H27BrF2N4O2.CH4O.CH2O/c1-3-7-24(35)33(22-14-16(2)20(28)15-19(22)17-10-11-17)23-13-12-21-25(31-23)26(32-34(21)27(29)30)36-18-8-5-4-6-9-18;2*1-2/h12-15,17-18,27H,4-6,8-11H2,1-2H3;2H,1H3;1H2. The molecule has 3 aromatic rings. The van der Waals surface area contributed by atoms with Gasteiger partial charge in [0.05, 0.1) is 11.2 Å². The third-order valence-electron chi connectivity index (χ3n) is 6.75. The summed E-state index contributed by atoms with van der Waals surface area (Å²) in [6.45, 7) is 2.71. The maximum absolute atomic E-state index is 13.8. The van der Waals surface area contributed by atoms with Gasteiger partial charge in [-0.3, -0.25) is 9.69 Å². The van der Waals surface area contributed by atoms with Crippen molar-refractivity contribution >= 4 is 51.2 Å². The lowest BCUT2D eigenvalue weighted by atomic mass is 9.98. The first-order valence-electron chi connectivity index (χ1n) is 13.0. The number of aliphatic hydroxyl groups is 1. The zero-order valence-electron chi connectivity index (χ0n) is 22.8. The van der Waals surface area contributed by atoms with Crippen molar-refractivity contribution in [3.05, 3.63) is 39.9 Å². The van der Waals surface area contributed by atoms with Crippen LogP contribution in [0.15, 0.2) is 28.7 Å². The molecular formula is C29H33BrF2N4O4. The molecule has 0 radical (unpaired) electrons. The SMILES string of the molecule is C=O.CC#CC(=O)N(c1ccc2c(n1)c(OC1CCCCC1)nn2C(F)F)c1cc(C)c(Br)cc1C1CC1.CO. The summed E-state index contributed by atoms with van der Waals surface area (Å²) >= 11 is 3.61. The molecule has 40 heavy (non-hydrogen) atoms. The zero-order chi connectivity index (χ0) is 29.4. The fourth-order valence-electron chi connectivity index (χ4n) is 4.77. The summed E-state index contributed by atoms with van der Waals surface area (Å²) in [5.41, 5.74) is 3.06. The van der Waals surface area contributed by atoms with Gasteiger partial charge in [0.25, 0.3) is 5.88 Å². The van der Waals surface area contributed by atoms with Crippen molar-refractivity contribution in [3.8, 4) is 17.7 Å². The van der Waals surface area contributed by atoms with Crippen LogP contribution in [0.25, 0.3) is 11.0 Å². The Morgan fingerprint density at radius 1 is 1.18 bits per heavy atom. The quantitative estimate of drug-likeness (QED) is 0.313. The molecule has 0 atom stereocenters. The Balaban J connectivity index is 0.00000106. The highest BCUT2D eigenvalue weighted by molar-refractivity contribution is 9.10. The Morgan fingerprint density at radius 3 is 2.45 bits per heavy atom. The van der Waals surface area contributed by atoms with Gasteiger partial charge < -0.3 is 14.6 Å². The number of carbonyl (C=O) groups excluding carboxylic acids is 2. The normalized spacial score (nSPS) is 14.8. The van der Waals surface area contributed by atoms with E-state index in [2.05, 4.69) is 37.9 Å². The second kappa shape index (κ2) is 14.3. The number of anilines is 2. The van der Waals surface area contributed by atoms with Crippen molar-refractivity contribution in [3.63, 3.8) is 0 Å². The van der Waals surface area contributed by atoms with E-state index in [-0.39, 0.29) is 23.0 Å². The highest BCUT2D eigenvalue weighted by Gasteiger charge is 2.32. The average molecular weight is 620 g/mol. The van der Waals surface area contributed by atoms with E-state index in [9.17, 15) is 13.6 Å². The summed E-state index contributed by atoms with van der Waals surface area (Å²) in [6, 6.07) is 7.08. The third-order valence-corrected chi connectivity index (χ3v) is 7.61. The summed E-state index contributed by atoms with van der Waals surface area (Å²) in [5, 5.41) is 11.1. The van der Waals surface area contributed by atoms with Crippen LogP contribution >= 0.6 is 15.9 Å². The second-order valence-corrected chi connectivity index (χ2v) is 10.2. The van der Waals surface area contributed by atoms with E-state index in [1.165, 1.54) is 11.0 Å². The molecule has 2 aromatic heterocycles. The van der Waals surface area contributed by atoms with E-state index in [0.717, 1.165) is 67.7 Å². The molecule has 214 valence electrons. The summed E-state index contributed by atoms with van der Waals surface area (Å²) in [7, 11) is 1.00. The van der Waals surface area contributed by atoms with E-state index in [1.54, 1.807) is 13.0 Å². The number of ether oxygens (including phenoxy) is 1. The number of rotatable bonds is 6. The highest BCUT2D eigenvalue weighted by atomic mass is 79.9. The van der Waals surface area contributed by atoms with E-state index in [1.807, 2.05) is 25.8 Å². The van der Waals surface area contributed by atoms with Crippen LogP contribution in [-0.2, 0) is 9.59 Å². The zero-order valence-corrected chi connectivity index (χ0v) is 24.4. The summed E-state index contributed by atoms with van der Waals surface area (Å²) in [6.07, 6.45) is 6.88. The van der Waals surface area contributed by atoms with E-state index in [0.29, 0.717) is 22.1 Å². The smallest absolute Gasteiger partial charge is 0.333 e. The maximum Gasteiger partial charge on any atom is 0.333 e. The Bertz CT molecular complexity index is 1390. The number of aryl methyl sites for hydroxylation is 1. The number of carbonyl (C=O) groups is 2. The largest absolute Gasteiger partial charge is 0.472 e. The van der Waals surface area contributed by atoms with Gasteiger partial charge in [0.2, 0.25) is 0 Å². The molecular weight excluding hydrogens is 586 g/mol.